The van der Waals surface area contributed by atoms with E-state index in [4.69, 9.17) is 28.4 Å². The zero-order chi connectivity index (χ0) is 59.1. The molecule has 0 aromatic heterocycles. The lowest BCUT2D eigenvalue weighted by molar-refractivity contribution is -0.176. The van der Waals surface area contributed by atoms with E-state index < -0.39 is 96.1 Å². The molecule has 2 aromatic carbocycles. The number of benzene rings is 2. The molecular formula is C60H90N6O14. The van der Waals surface area contributed by atoms with Crippen molar-refractivity contribution < 1.29 is 66.8 Å². The topological polar surface area (TPSA) is 211 Å². The summed E-state index contributed by atoms with van der Waals surface area (Å²) in [5.41, 5.74) is 3.17. The van der Waals surface area contributed by atoms with Gasteiger partial charge in [0.1, 0.15) is 24.2 Å². The summed E-state index contributed by atoms with van der Waals surface area (Å²) in [5, 5.41) is 0. The number of hydrogen-bond acceptors (Lipinski definition) is 16. The Morgan fingerprint density at radius 1 is 0.388 bits per heavy atom. The average Bonchev–Trinajstić information content (AvgIpc) is 3.44. The van der Waals surface area contributed by atoms with Gasteiger partial charge in [-0.25, -0.2) is 19.2 Å². The quantitative estimate of drug-likeness (QED) is 0.173. The SMILES string of the molecule is CC(C)CC1C(=O)O[C@H](Cc2ccc(N3CCOCC3)cc2)C(=O)N(C)[C@@H](CC(C)C)C(=O)O[C@H](C)C(=O)N(C)[C@@H](CC(C)C)C(=O)O[C@H](Cc2ccc(N3CCOCC3)cc2)C(=O)N(C)[C@H](CC(C)C)C(=O)O[C@H](C)C(=O)N1C. The Labute approximate surface area is 474 Å². The Bertz CT molecular complexity index is 2220. The number of esters is 4. The van der Waals surface area contributed by atoms with Gasteiger partial charge in [-0.3, -0.25) is 19.2 Å². The van der Waals surface area contributed by atoms with Crippen molar-refractivity contribution in [2.45, 2.75) is 156 Å². The number of morpholine rings is 2. The first-order valence-corrected chi connectivity index (χ1v) is 28.5. The highest BCUT2D eigenvalue weighted by Crippen LogP contribution is 2.26. The zero-order valence-electron chi connectivity index (χ0n) is 49.8. The fourth-order valence-corrected chi connectivity index (χ4v) is 10.2. The summed E-state index contributed by atoms with van der Waals surface area (Å²) in [6.45, 7) is 22.7. The molecule has 0 bridgehead atoms. The maximum atomic E-state index is 15.0. The summed E-state index contributed by atoms with van der Waals surface area (Å²) < 4.78 is 35.3. The summed E-state index contributed by atoms with van der Waals surface area (Å²) in [4.78, 5) is 126. The molecule has 3 aliphatic rings. The molecule has 80 heavy (non-hydrogen) atoms. The molecule has 2 aromatic rings. The predicted molar refractivity (Wildman–Crippen MR) is 301 cm³/mol. The molecule has 3 heterocycles. The largest absolute Gasteiger partial charge is 0.451 e. The minimum absolute atomic E-state index is 0.0939. The smallest absolute Gasteiger partial charge is 0.329 e. The van der Waals surface area contributed by atoms with Crippen LogP contribution in [-0.2, 0) is 79.6 Å². The number of carbonyl (C=O) groups excluding carboxylic acids is 8. The Hall–Kier alpha value is -6.28. The summed E-state index contributed by atoms with van der Waals surface area (Å²) in [5.74, 6) is -7.28. The second-order valence-corrected chi connectivity index (χ2v) is 23.3. The second-order valence-electron chi connectivity index (χ2n) is 23.3. The number of rotatable bonds is 14. The molecule has 0 aliphatic carbocycles. The van der Waals surface area contributed by atoms with Crippen LogP contribution in [0.4, 0.5) is 11.4 Å². The fraction of sp³-hybridized carbons (Fsp3) is 0.667. The fourth-order valence-electron chi connectivity index (χ4n) is 10.2. The van der Waals surface area contributed by atoms with Gasteiger partial charge in [-0.1, -0.05) is 79.7 Å². The third-order valence-corrected chi connectivity index (χ3v) is 14.9. The number of amides is 4. The Morgan fingerprint density at radius 3 is 0.900 bits per heavy atom. The summed E-state index contributed by atoms with van der Waals surface area (Å²) in [7, 11) is 5.61. The van der Waals surface area contributed by atoms with Crippen LogP contribution in [0.5, 0.6) is 0 Å². The molecule has 8 atom stereocenters. The van der Waals surface area contributed by atoms with Gasteiger partial charge in [-0.05, 0) is 98.6 Å². The number of ether oxygens (including phenoxy) is 6. The first kappa shape index (κ1) is 64.5. The van der Waals surface area contributed by atoms with E-state index in [1.165, 1.54) is 51.8 Å². The van der Waals surface area contributed by atoms with E-state index in [0.29, 0.717) is 63.7 Å². The van der Waals surface area contributed by atoms with Gasteiger partial charge in [0.25, 0.3) is 23.6 Å². The van der Waals surface area contributed by atoms with Crippen LogP contribution in [0.1, 0.15) is 106 Å². The summed E-state index contributed by atoms with van der Waals surface area (Å²) >= 11 is 0. The maximum absolute atomic E-state index is 15.0. The number of cyclic esters (lactones) is 4. The van der Waals surface area contributed by atoms with Crippen molar-refractivity contribution in [3.05, 3.63) is 59.7 Å². The highest BCUT2D eigenvalue weighted by Gasteiger charge is 2.43. The normalized spacial score (nSPS) is 25.6. The molecule has 3 aliphatic heterocycles. The van der Waals surface area contributed by atoms with Crippen LogP contribution in [0.3, 0.4) is 0 Å². The lowest BCUT2D eigenvalue weighted by Crippen LogP contribution is -2.55. The molecule has 20 heteroatoms. The van der Waals surface area contributed by atoms with E-state index in [0.717, 1.165) is 21.2 Å². The zero-order valence-corrected chi connectivity index (χ0v) is 49.8. The van der Waals surface area contributed by atoms with Crippen molar-refractivity contribution in [3.63, 3.8) is 0 Å². The van der Waals surface area contributed by atoms with Crippen molar-refractivity contribution in [1.82, 2.24) is 19.6 Å². The van der Waals surface area contributed by atoms with Gasteiger partial charge in [-0.15, -0.1) is 0 Å². The highest BCUT2D eigenvalue weighted by molar-refractivity contribution is 5.94. The summed E-state index contributed by atoms with van der Waals surface area (Å²) in [6, 6.07) is 9.92. The molecule has 5 rings (SSSR count). The molecule has 3 saturated heterocycles. The number of carbonyl (C=O) groups is 8. The van der Waals surface area contributed by atoms with Gasteiger partial charge < -0.3 is 57.8 Å². The molecule has 4 amide bonds. The second kappa shape index (κ2) is 30.0. The number of nitrogens with zero attached hydrogens (tertiary/aromatic N) is 6. The first-order valence-electron chi connectivity index (χ1n) is 28.5. The first-order chi connectivity index (χ1) is 37.8. The van der Waals surface area contributed by atoms with Crippen LogP contribution >= 0.6 is 0 Å². The van der Waals surface area contributed by atoms with E-state index in [-0.39, 0.29) is 62.2 Å². The minimum Gasteiger partial charge on any atom is -0.451 e. The monoisotopic (exact) mass is 1120 g/mol. The van der Waals surface area contributed by atoms with Crippen LogP contribution in [0.25, 0.3) is 0 Å². The van der Waals surface area contributed by atoms with Crippen LogP contribution in [0.15, 0.2) is 48.5 Å². The molecule has 0 radical (unpaired) electrons. The number of anilines is 2. The number of hydrogen-bond donors (Lipinski definition) is 0. The predicted octanol–water partition coefficient (Wildman–Crippen LogP) is 5.34. The summed E-state index contributed by atoms with van der Waals surface area (Å²) in [6.07, 6.45) is -5.82. The lowest BCUT2D eigenvalue weighted by atomic mass is 10.00. The molecule has 444 valence electrons. The van der Waals surface area contributed by atoms with Crippen molar-refractivity contribution in [3.8, 4) is 0 Å². The van der Waals surface area contributed by atoms with Gasteiger partial charge in [0.2, 0.25) is 0 Å². The standard InChI is InChI=1S/C60H90N6O14/c1-37(2)31-47-57(71)77-41(9)53(67)61(11)50(34-40(7)8)60(74)80-52(36-44-17-21-46(22-18-44)66-25-29-76-30-26-66)56(70)64(14)48(32-38(3)4)58(72)78-42(10)54(68)62(12)49(33-39(5)6)59(73)79-51(55(69)63(47)13)35-43-15-19-45(20-16-43)65-23-27-75-28-24-65/h15-22,37-42,47-52H,23-36H2,1-14H3/t41-,42-,47-,48+,49+,50?,51-,52-/m1/s1. The Kier molecular flexibility index (Phi) is 24.2. The van der Waals surface area contributed by atoms with Crippen molar-refractivity contribution in [2.75, 3.05) is 90.6 Å². The Morgan fingerprint density at radius 2 is 0.637 bits per heavy atom. The highest BCUT2D eigenvalue weighted by atomic mass is 16.6. The maximum Gasteiger partial charge on any atom is 0.329 e. The van der Waals surface area contributed by atoms with E-state index in [9.17, 15) is 38.4 Å². The third-order valence-electron chi connectivity index (χ3n) is 14.9. The van der Waals surface area contributed by atoms with Crippen molar-refractivity contribution >= 4 is 58.9 Å². The molecular weight excluding hydrogens is 1030 g/mol. The van der Waals surface area contributed by atoms with Gasteiger partial charge in [0, 0.05) is 78.6 Å². The van der Waals surface area contributed by atoms with E-state index >= 15 is 0 Å². The molecule has 1 unspecified atom stereocenters. The Balaban J connectivity index is 1.59. The lowest BCUT2D eigenvalue weighted by Gasteiger charge is -2.35. The van der Waals surface area contributed by atoms with Gasteiger partial charge in [0.15, 0.2) is 24.4 Å². The van der Waals surface area contributed by atoms with Crippen LogP contribution in [-0.4, -0.2) is 196 Å². The van der Waals surface area contributed by atoms with E-state index in [1.807, 2.05) is 104 Å². The van der Waals surface area contributed by atoms with E-state index in [2.05, 4.69) is 9.80 Å². The van der Waals surface area contributed by atoms with Crippen molar-refractivity contribution in [2.24, 2.45) is 23.7 Å². The van der Waals surface area contributed by atoms with Crippen LogP contribution in [0.2, 0.25) is 0 Å². The van der Waals surface area contributed by atoms with Crippen molar-refractivity contribution in [1.29, 1.82) is 0 Å². The minimum atomic E-state index is -1.51. The molecule has 0 N–H and O–H groups in total. The molecule has 3 fully saturated rings. The van der Waals surface area contributed by atoms with Gasteiger partial charge in [-0.2, -0.15) is 0 Å². The van der Waals surface area contributed by atoms with Crippen LogP contribution < -0.4 is 9.80 Å². The van der Waals surface area contributed by atoms with Gasteiger partial charge in [0.05, 0.1) is 26.4 Å². The molecule has 0 saturated carbocycles. The molecule has 20 nitrogen and oxygen atoms in total. The average molecular weight is 1120 g/mol. The van der Waals surface area contributed by atoms with Gasteiger partial charge >= 0.3 is 23.9 Å². The van der Waals surface area contributed by atoms with E-state index in [1.54, 1.807) is 0 Å². The third kappa shape index (κ3) is 17.9. The molecule has 0 spiro atoms. The number of likely N-dealkylation sites (N-methyl/N-ethyl adjacent to an activating group) is 4. The van der Waals surface area contributed by atoms with Crippen LogP contribution in [0, 0.1) is 23.7 Å².